The normalized spacial score (nSPS) is 22.5. The van der Waals surface area contributed by atoms with Gasteiger partial charge in [0.15, 0.2) is 0 Å². The lowest BCUT2D eigenvalue weighted by Gasteiger charge is -2.40. The van der Waals surface area contributed by atoms with Crippen LogP contribution in [0.1, 0.15) is 37.3 Å². The van der Waals surface area contributed by atoms with E-state index in [1.54, 1.807) is 16.4 Å². The number of nitrogens with one attached hydrogen (secondary N) is 1. The monoisotopic (exact) mass is 468 g/mol. The van der Waals surface area contributed by atoms with Crippen LogP contribution in [0.25, 0.3) is 0 Å². The van der Waals surface area contributed by atoms with Crippen molar-refractivity contribution in [1.82, 2.24) is 9.21 Å². The molecule has 2 aliphatic heterocycles. The maximum absolute atomic E-state index is 14.1. The number of hydrogen-bond acceptors (Lipinski definition) is 5. The van der Waals surface area contributed by atoms with Crippen molar-refractivity contribution in [3.8, 4) is 0 Å². The van der Waals surface area contributed by atoms with Crippen LogP contribution in [0.2, 0.25) is 0 Å². The Labute approximate surface area is 196 Å². The summed E-state index contributed by atoms with van der Waals surface area (Å²) in [5.74, 6) is 0.127. The summed E-state index contributed by atoms with van der Waals surface area (Å²) < 4.78 is 29.9. The summed E-state index contributed by atoms with van der Waals surface area (Å²) in [6, 6.07) is 14.9. The van der Waals surface area contributed by atoms with Gasteiger partial charge in [0.25, 0.3) is 0 Å². The molecule has 1 aliphatic carbocycles. The van der Waals surface area contributed by atoms with Crippen molar-refractivity contribution in [2.45, 2.75) is 36.6 Å². The van der Waals surface area contributed by atoms with E-state index in [1.807, 2.05) is 43.4 Å². The molecule has 2 heterocycles. The minimum absolute atomic E-state index is 0.0289. The van der Waals surface area contributed by atoms with Gasteiger partial charge in [-0.15, -0.1) is 0 Å². The molecule has 1 saturated carbocycles. The molecule has 3 fully saturated rings. The van der Waals surface area contributed by atoms with Crippen LogP contribution in [0.5, 0.6) is 0 Å². The molecule has 0 bridgehead atoms. The molecule has 2 aromatic carbocycles. The molecule has 3 aliphatic rings. The van der Waals surface area contributed by atoms with Gasteiger partial charge in [-0.1, -0.05) is 30.3 Å². The van der Waals surface area contributed by atoms with Crippen molar-refractivity contribution in [3.63, 3.8) is 0 Å². The molecule has 0 radical (unpaired) electrons. The van der Waals surface area contributed by atoms with E-state index in [9.17, 15) is 13.2 Å². The second-order valence-corrected chi connectivity index (χ2v) is 11.3. The van der Waals surface area contributed by atoms with Crippen molar-refractivity contribution in [1.29, 1.82) is 0 Å². The molecular weight excluding hydrogens is 436 g/mol. The molecule has 2 aromatic rings. The Bertz CT molecular complexity index is 1110. The topological polar surface area (TPSA) is 73.0 Å². The van der Waals surface area contributed by atoms with Crippen molar-refractivity contribution < 1.29 is 13.2 Å². The highest BCUT2D eigenvalue weighted by molar-refractivity contribution is 7.89. The van der Waals surface area contributed by atoms with E-state index in [0.717, 1.165) is 44.3 Å². The summed E-state index contributed by atoms with van der Waals surface area (Å²) in [5, 5.41) is 2.99. The highest BCUT2D eigenvalue weighted by atomic mass is 32.2. The van der Waals surface area contributed by atoms with Crippen LogP contribution >= 0.6 is 0 Å². The van der Waals surface area contributed by atoms with Gasteiger partial charge in [-0.05, 0) is 56.5 Å². The van der Waals surface area contributed by atoms with E-state index in [4.69, 9.17) is 0 Å². The minimum atomic E-state index is -3.75. The number of likely N-dealkylation sites (N-methyl/N-ethyl adjacent to an activating group) is 1. The third-order valence-electron chi connectivity index (χ3n) is 6.93. The van der Waals surface area contributed by atoms with Crippen molar-refractivity contribution in [2.24, 2.45) is 5.92 Å². The lowest BCUT2D eigenvalue weighted by Crippen LogP contribution is -2.49. The Morgan fingerprint density at radius 1 is 0.970 bits per heavy atom. The van der Waals surface area contributed by atoms with Crippen LogP contribution in [0, 0.1) is 5.92 Å². The first kappa shape index (κ1) is 22.4. The van der Waals surface area contributed by atoms with E-state index in [-0.39, 0.29) is 17.9 Å². The van der Waals surface area contributed by atoms with Crippen molar-refractivity contribution in [3.05, 3.63) is 54.1 Å². The number of benzene rings is 2. The average molecular weight is 469 g/mol. The number of piperazine rings is 1. The SMILES string of the molecule is CN1CCN(S(=O)(=O)c2ccc(NC(=O)C3CC3)cc2N2CCCC2)[C@@H](c2ccccc2)C1. The van der Waals surface area contributed by atoms with Gasteiger partial charge in [-0.3, -0.25) is 4.79 Å². The zero-order chi connectivity index (χ0) is 23.0. The number of hydrogen-bond donors (Lipinski definition) is 1. The Kier molecular flexibility index (Phi) is 6.16. The molecule has 1 amide bonds. The van der Waals surface area contributed by atoms with Crippen LogP contribution in [0.15, 0.2) is 53.4 Å². The van der Waals surface area contributed by atoms with Gasteiger partial charge in [0.1, 0.15) is 4.90 Å². The molecular formula is C25H32N4O3S. The Morgan fingerprint density at radius 3 is 2.39 bits per heavy atom. The number of rotatable bonds is 6. The van der Waals surface area contributed by atoms with Crippen LogP contribution < -0.4 is 10.2 Å². The number of anilines is 2. The molecule has 5 rings (SSSR count). The fraction of sp³-hybridized carbons (Fsp3) is 0.480. The Morgan fingerprint density at radius 2 is 1.70 bits per heavy atom. The smallest absolute Gasteiger partial charge is 0.245 e. The summed E-state index contributed by atoms with van der Waals surface area (Å²) in [4.78, 5) is 17.0. The van der Waals surface area contributed by atoms with E-state index < -0.39 is 10.0 Å². The first-order valence-corrected chi connectivity index (χ1v) is 13.3. The van der Waals surface area contributed by atoms with Crippen LogP contribution in [-0.2, 0) is 14.8 Å². The summed E-state index contributed by atoms with van der Waals surface area (Å²) in [6.45, 7) is 3.44. The average Bonchev–Trinajstić information content (AvgIpc) is 3.53. The number of carbonyl (C=O) groups is 1. The van der Waals surface area contributed by atoms with Gasteiger partial charge in [0.05, 0.1) is 11.7 Å². The molecule has 2 saturated heterocycles. The zero-order valence-corrected chi connectivity index (χ0v) is 19.9. The fourth-order valence-electron chi connectivity index (χ4n) is 4.87. The van der Waals surface area contributed by atoms with E-state index in [2.05, 4.69) is 15.1 Å². The fourth-order valence-corrected chi connectivity index (χ4v) is 6.66. The van der Waals surface area contributed by atoms with Crippen LogP contribution in [-0.4, -0.2) is 63.3 Å². The number of nitrogens with zero attached hydrogens (tertiary/aromatic N) is 3. The molecule has 33 heavy (non-hydrogen) atoms. The molecule has 7 nitrogen and oxygen atoms in total. The van der Waals surface area contributed by atoms with Crippen LogP contribution in [0.4, 0.5) is 11.4 Å². The Hall–Kier alpha value is -2.42. The number of amides is 1. The lowest BCUT2D eigenvalue weighted by atomic mass is 10.1. The summed E-state index contributed by atoms with van der Waals surface area (Å²) in [5.41, 5.74) is 2.38. The third kappa shape index (κ3) is 4.65. The molecule has 0 unspecified atom stereocenters. The van der Waals surface area contributed by atoms with Crippen molar-refractivity contribution >= 4 is 27.3 Å². The molecule has 1 atom stereocenters. The van der Waals surface area contributed by atoms with E-state index in [1.165, 1.54) is 0 Å². The van der Waals surface area contributed by atoms with Crippen LogP contribution in [0.3, 0.4) is 0 Å². The first-order chi connectivity index (χ1) is 15.9. The maximum atomic E-state index is 14.1. The molecule has 8 heteroatoms. The lowest BCUT2D eigenvalue weighted by molar-refractivity contribution is -0.117. The highest BCUT2D eigenvalue weighted by Gasteiger charge is 2.38. The first-order valence-electron chi connectivity index (χ1n) is 11.9. The third-order valence-corrected chi connectivity index (χ3v) is 8.88. The second kappa shape index (κ2) is 9.08. The Balaban J connectivity index is 1.52. The van der Waals surface area contributed by atoms with E-state index in [0.29, 0.717) is 35.9 Å². The minimum Gasteiger partial charge on any atom is -0.370 e. The summed E-state index contributed by atoms with van der Waals surface area (Å²) in [6.07, 6.45) is 3.95. The van der Waals surface area contributed by atoms with Gasteiger partial charge in [0, 0.05) is 44.3 Å². The molecule has 176 valence electrons. The van der Waals surface area contributed by atoms with Crippen molar-refractivity contribution in [2.75, 3.05) is 50.0 Å². The predicted octanol–water partition coefficient (Wildman–Crippen LogP) is 3.31. The zero-order valence-electron chi connectivity index (χ0n) is 19.1. The maximum Gasteiger partial charge on any atom is 0.245 e. The van der Waals surface area contributed by atoms with Gasteiger partial charge >= 0.3 is 0 Å². The predicted molar refractivity (Wildman–Crippen MR) is 130 cm³/mol. The quantitative estimate of drug-likeness (QED) is 0.704. The summed E-state index contributed by atoms with van der Waals surface area (Å²) >= 11 is 0. The van der Waals surface area contributed by atoms with Gasteiger partial charge in [-0.25, -0.2) is 8.42 Å². The highest BCUT2D eigenvalue weighted by Crippen LogP contribution is 2.38. The van der Waals surface area contributed by atoms with E-state index >= 15 is 0 Å². The summed E-state index contributed by atoms with van der Waals surface area (Å²) in [7, 11) is -1.71. The number of sulfonamides is 1. The van der Waals surface area contributed by atoms with Gasteiger partial charge < -0.3 is 15.1 Å². The molecule has 0 aromatic heterocycles. The largest absolute Gasteiger partial charge is 0.370 e. The number of carbonyl (C=O) groups excluding carboxylic acids is 1. The van der Waals surface area contributed by atoms with Gasteiger partial charge in [0.2, 0.25) is 15.9 Å². The molecule has 0 spiro atoms. The molecule has 1 N–H and O–H groups in total. The van der Waals surface area contributed by atoms with Gasteiger partial charge in [-0.2, -0.15) is 4.31 Å². The standard InChI is InChI=1S/C25H32N4O3S/c1-27-15-16-29(23(18-27)19-7-3-2-4-8-19)33(31,32)24-12-11-21(26-25(30)20-9-10-20)17-22(24)28-13-5-6-14-28/h2-4,7-8,11-12,17,20,23H,5-6,9-10,13-16,18H2,1H3,(H,26,30)/t23-/m1/s1. The second-order valence-electron chi connectivity index (χ2n) is 9.44.